The number of halogens is 2. The van der Waals surface area contributed by atoms with Crippen molar-refractivity contribution in [3.05, 3.63) is 17.2 Å². The standard InChI is InChI=1S/C14H15ClFN5O2S/c1-7-6-20(14(22)23)3-4-21(7)12-8-5-17-11(15)9(16)10(8)18-13(19-12)24-2/h5,7H,3-4,6H2,1-2H3,(H,22,23). The Morgan fingerprint density at radius 1 is 1.46 bits per heavy atom. The maximum absolute atomic E-state index is 14.3. The third kappa shape index (κ3) is 2.93. The molecule has 0 saturated carbocycles. The van der Waals surface area contributed by atoms with Gasteiger partial charge in [0.05, 0.1) is 5.39 Å². The van der Waals surface area contributed by atoms with Crippen LogP contribution in [-0.4, -0.2) is 63.0 Å². The predicted octanol–water partition coefficient (Wildman–Crippen LogP) is 2.73. The Morgan fingerprint density at radius 3 is 2.83 bits per heavy atom. The monoisotopic (exact) mass is 371 g/mol. The number of carbonyl (C=O) groups is 1. The van der Waals surface area contributed by atoms with Crippen molar-refractivity contribution in [2.75, 3.05) is 30.8 Å². The van der Waals surface area contributed by atoms with E-state index in [2.05, 4.69) is 15.0 Å². The molecule has 1 N–H and O–H groups in total. The molecule has 3 heterocycles. The van der Waals surface area contributed by atoms with E-state index in [4.69, 9.17) is 16.7 Å². The summed E-state index contributed by atoms with van der Waals surface area (Å²) in [7, 11) is 0. The zero-order valence-corrected chi connectivity index (χ0v) is 14.6. The van der Waals surface area contributed by atoms with Crippen molar-refractivity contribution in [1.82, 2.24) is 19.9 Å². The van der Waals surface area contributed by atoms with Crippen molar-refractivity contribution >= 4 is 46.2 Å². The summed E-state index contributed by atoms with van der Waals surface area (Å²) < 4.78 is 14.3. The third-order valence-corrected chi connectivity index (χ3v) is 4.76. The van der Waals surface area contributed by atoms with Crippen LogP contribution in [0.1, 0.15) is 6.92 Å². The summed E-state index contributed by atoms with van der Waals surface area (Å²) in [6, 6.07) is -0.110. The van der Waals surface area contributed by atoms with Gasteiger partial charge in [-0.25, -0.2) is 24.1 Å². The fourth-order valence-electron chi connectivity index (χ4n) is 2.76. The van der Waals surface area contributed by atoms with Gasteiger partial charge in [-0.05, 0) is 13.2 Å². The second kappa shape index (κ2) is 6.56. The van der Waals surface area contributed by atoms with Gasteiger partial charge in [0, 0.05) is 31.9 Å². The van der Waals surface area contributed by atoms with Crippen LogP contribution in [0.4, 0.5) is 15.0 Å². The number of anilines is 1. The van der Waals surface area contributed by atoms with Gasteiger partial charge in [-0.1, -0.05) is 23.4 Å². The van der Waals surface area contributed by atoms with E-state index in [-0.39, 0.29) is 16.7 Å². The topological polar surface area (TPSA) is 82.5 Å². The molecule has 24 heavy (non-hydrogen) atoms. The van der Waals surface area contributed by atoms with Gasteiger partial charge in [0.1, 0.15) is 11.3 Å². The number of fused-ring (bicyclic) bond motifs is 1. The molecule has 0 spiro atoms. The molecule has 0 bridgehead atoms. The maximum Gasteiger partial charge on any atom is 0.407 e. The lowest BCUT2D eigenvalue weighted by Gasteiger charge is -2.39. The van der Waals surface area contributed by atoms with E-state index >= 15 is 0 Å². The highest BCUT2D eigenvalue weighted by Crippen LogP contribution is 2.31. The summed E-state index contributed by atoms with van der Waals surface area (Å²) in [6.45, 7) is 3.06. The number of amides is 1. The average Bonchev–Trinajstić information content (AvgIpc) is 2.57. The highest BCUT2D eigenvalue weighted by molar-refractivity contribution is 7.98. The minimum absolute atomic E-state index is 0.110. The molecule has 128 valence electrons. The molecule has 1 amide bonds. The first-order valence-corrected chi connectivity index (χ1v) is 8.83. The predicted molar refractivity (Wildman–Crippen MR) is 90.5 cm³/mol. The molecular formula is C14H15ClFN5O2S. The molecule has 7 nitrogen and oxygen atoms in total. The van der Waals surface area contributed by atoms with E-state index in [0.717, 1.165) is 0 Å². The SMILES string of the molecule is CSc1nc(N2CCN(C(=O)O)CC2C)c2cnc(Cl)c(F)c2n1. The molecule has 1 fully saturated rings. The Morgan fingerprint density at radius 2 is 2.21 bits per heavy atom. The van der Waals surface area contributed by atoms with Gasteiger partial charge < -0.3 is 14.9 Å². The van der Waals surface area contributed by atoms with Crippen molar-refractivity contribution in [3.8, 4) is 0 Å². The van der Waals surface area contributed by atoms with Gasteiger partial charge >= 0.3 is 6.09 Å². The van der Waals surface area contributed by atoms with E-state index in [1.807, 2.05) is 11.8 Å². The van der Waals surface area contributed by atoms with E-state index in [9.17, 15) is 9.18 Å². The minimum Gasteiger partial charge on any atom is -0.465 e. The summed E-state index contributed by atoms with van der Waals surface area (Å²) in [5.41, 5.74) is 0.122. The molecule has 0 radical (unpaired) electrons. The van der Waals surface area contributed by atoms with Crippen LogP contribution < -0.4 is 4.90 Å². The number of piperazine rings is 1. The Labute approximate surface area is 146 Å². The number of carboxylic acid groups (broad SMARTS) is 1. The summed E-state index contributed by atoms with van der Waals surface area (Å²) in [4.78, 5) is 27.0. The molecule has 0 aliphatic carbocycles. The molecule has 1 unspecified atom stereocenters. The van der Waals surface area contributed by atoms with Crippen LogP contribution in [0.5, 0.6) is 0 Å². The van der Waals surface area contributed by atoms with Crippen molar-refractivity contribution in [3.63, 3.8) is 0 Å². The maximum atomic E-state index is 14.3. The van der Waals surface area contributed by atoms with Crippen molar-refractivity contribution < 1.29 is 14.3 Å². The van der Waals surface area contributed by atoms with Gasteiger partial charge in [-0.2, -0.15) is 0 Å². The number of pyridine rings is 1. The van der Waals surface area contributed by atoms with Crippen LogP contribution in [0.3, 0.4) is 0 Å². The second-order valence-electron chi connectivity index (χ2n) is 5.43. The zero-order chi connectivity index (χ0) is 17.4. The van der Waals surface area contributed by atoms with Crippen molar-refractivity contribution in [2.45, 2.75) is 18.1 Å². The second-order valence-corrected chi connectivity index (χ2v) is 6.56. The number of nitrogens with zero attached hydrogens (tertiary/aromatic N) is 5. The van der Waals surface area contributed by atoms with Gasteiger partial charge in [0.2, 0.25) is 0 Å². The molecule has 3 rings (SSSR count). The Bertz CT molecular complexity index is 808. The average molecular weight is 372 g/mol. The molecule has 2 aromatic heterocycles. The minimum atomic E-state index is -0.946. The highest BCUT2D eigenvalue weighted by Gasteiger charge is 2.29. The Balaban J connectivity index is 2.09. The fraction of sp³-hybridized carbons (Fsp3) is 0.429. The quantitative estimate of drug-likeness (QED) is 0.493. The first-order valence-electron chi connectivity index (χ1n) is 7.22. The zero-order valence-electron chi connectivity index (χ0n) is 13.0. The van der Waals surface area contributed by atoms with Crippen LogP contribution in [0, 0.1) is 5.82 Å². The van der Waals surface area contributed by atoms with Gasteiger partial charge in [-0.3, -0.25) is 0 Å². The number of hydrogen-bond acceptors (Lipinski definition) is 6. The van der Waals surface area contributed by atoms with Crippen LogP contribution in [0.15, 0.2) is 11.4 Å². The lowest BCUT2D eigenvalue weighted by atomic mass is 10.1. The summed E-state index contributed by atoms with van der Waals surface area (Å²) >= 11 is 7.06. The van der Waals surface area contributed by atoms with Gasteiger partial charge in [0.15, 0.2) is 16.1 Å². The lowest BCUT2D eigenvalue weighted by molar-refractivity contribution is 0.136. The number of thioether (sulfide) groups is 1. The molecule has 1 saturated heterocycles. The molecular weight excluding hydrogens is 357 g/mol. The van der Waals surface area contributed by atoms with E-state index in [1.165, 1.54) is 22.9 Å². The van der Waals surface area contributed by atoms with Crippen LogP contribution >= 0.6 is 23.4 Å². The molecule has 10 heteroatoms. The summed E-state index contributed by atoms with van der Waals surface area (Å²) in [6.07, 6.45) is 2.31. The smallest absolute Gasteiger partial charge is 0.407 e. The van der Waals surface area contributed by atoms with Crippen LogP contribution in [0.2, 0.25) is 5.15 Å². The van der Waals surface area contributed by atoms with Gasteiger partial charge in [-0.15, -0.1) is 0 Å². The third-order valence-electron chi connectivity index (χ3n) is 3.95. The Hall–Kier alpha value is -1.87. The first-order chi connectivity index (χ1) is 11.4. The Kier molecular flexibility index (Phi) is 4.64. The molecule has 1 aliphatic rings. The summed E-state index contributed by atoms with van der Waals surface area (Å²) in [5, 5.41) is 9.79. The van der Waals surface area contributed by atoms with E-state index < -0.39 is 11.9 Å². The normalized spacial score (nSPS) is 18.2. The lowest BCUT2D eigenvalue weighted by Crippen LogP contribution is -2.53. The van der Waals surface area contributed by atoms with Crippen LogP contribution in [-0.2, 0) is 0 Å². The molecule has 0 aromatic carbocycles. The molecule has 1 aliphatic heterocycles. The first kappa shape index (κ1) is 17.0. The molecule has 2 aromatic rings. The highest BCUT2D eigenvalue weighted by atomic mass is 35.5. The van der Waals surface area contributed by atoms with Crippen molar-refractivity contribution in [2.24, 2.45) is 0 Å². The fourth-order valence-corrected chi connectivity index (χ4v) is 3.25. The van der Waals surface area contributed by atoms with E-state index in [0.29, 0.717) is 36.0 Å². The largest absolute Gasteiger partial charge is 0.465 e. The van der Waals surface area contributed by atoms with Gasteiger partial charge in [0.25, 0.3) is 0 Å². The van der Waals surface area contributed by atoms with E-state index in [1.54, 1.807) is 6.26 Å². The number of aromatic nitrogens is 3. The van der Waals surface area contributed by atoms with Crippen molar-refractivity contribution in [1.29, 1.82) is 0 Å². The summed E-state index contributed by atoms with van der Waals surface area (Å²) in [5.74, 6) is -0.130. The molecule has 1 atom stereocenters. The number of rotatable bonds is 2. The van der Waals surface area contributed by atoms with Crippen LogP contribution in [0.25, 0.3) is 10.9 Å². The number of hydrogen-bond donors (Lipinski definition) is 1.